The van der Waals surface area contributed by atoms with E-state index in [4.69, 9.17) is 4.74 Å². The van der Waals surface area contributed by atoms with Gasteiger partial charge in [0.15, 0.2) is 0 Å². The Morgan fingerprint density at radius 1 is 1.27 bits per heavy atom. The molecule has 1 rings (SSSR count). The summed E-state index contributed by atoms with van der Waals surface area (Å²) in [7, 11) is 0. The van der Waals surface area contributed by atoms with Crippen LogP contribution in [0.4, 0.5) is 0 Å². The third kappa shape index (κ3) is 4.09. The molecule has 0 aliphatic carbocycles. The number of ether oxygens (including phenoxy) is 1. The molecular formula is C12H17AsO2. The first kappa shape index (κ1) is 12.3. The van der Waals surface area contributed by atoms with E-state index in [0.29, 0.717) is 0 Å². The SMILES string of the molecule is CC(C)(C)OC(=O)C([AsH2])c1ccccc1. The molecule has 1 aromatic carbocycles. The third-order valence-corrected chi connectivity index (χ3v) is 3.20. The number of hydrogen-bond donors (Lipinski definition) is 0. The van der Waals surface area contributed by atoms with Crippen LogP contribution in [0.3, 0.4) is 0 Å². The van der Waals surface area contributed by atoms with Gasteiger partial charge in [0.2, 0.25) is 0 Å². The molecule has 0 saturated carbocycles. The minimum absolute atomic E-state index is 0.141. The van der Waals surface area contributed by atoms with Gasteiger partial charge in [0.1, 0.15) is 0 Å². The molecule has 0 aliphatic rings. The number of carbonyl (C=O) groups is 1. The van der Waals surface area contributed by atoms with Gasteiger partial charge in [-0.3, -0.25) is 0 Å². The van der Waals surface area contributed by atoms with Gasteiger partial charge in [-0.25, -0.2) is 0 Å². The molecule has 15 heavy (non-hydrogen) atoms. The predicted octanol–water partition coefficient (Wildman–Crippen LogP) is 1.70. The van der Waals surface area contributed by atoms with Gasteiger partial charge in [-0.05, 0) is 0 Å². The van der Waals surface area contributed by atoms with E-state index in [9.17, 15) is 4.79 Å². The van der Waals surface area contributed by atoms with E-state index in [1.54, 1.807) is 0 Å². The van der Waals surface area contributed by atoms with E-state index < -0.39 is 5.60 Å². The van der Waals surface area contributed by atoms with Crippen molar-refractivity contribution in [2.45, 2.75) is 31.1 Å². The van der Waals surface area contributed by atoms with E-state index >= 15 is 0 Å². The molecule has 0 fully saturated rings. The Balaban J connectivity index is 2.70. The van der Waals surface area contributed by atoms with Crippen LogP contribution in [0.1, 0.15) is 31.0 Å². The van der Waals surface area contributed by atoms with Crippen molar-refractivity contribution >= 4 is 22.8 Å². The van der Waals surface area contributed by atoms with Crippen molar-refractivity contribution in [2.24, 2.45) is 0 Å². The van der Waals surface area contributed by atoms with E-state index in [-0.39, 0.29) is 10.7 Å². The van der Waals surface area contributed by atoms with Crippen molar-refractivity contribution in [3.8, 4) is 0 Å². The zero-order valence-electron chi connectivity index (χ0n) is 9.36. The van der Waals surface area contributed by atoms with Crippen LogP contribution in [-0.4, -0.2) is 28.4 Å². The third-order valence-electron chi connectivity index (χ3n) is 1.82. The molecule has 1 aromatic rings. The van der Waals surface area contributed by atoms with Gasteiger partial charge in [0.05, 0.1) is 0 Å². The Hall–Kier alpha value is -0.752. The van der Waals surface area contributed by atoms with E-state index in [2.05, 4.69) is 0 Å². The number of carbonyl (C=O) groups excluding carboxylic acids is 1. The molecule has 0 spiro atoms. The summed E-state index contributed by atoms with van der Waals surface area (Å²) >= 11 is 1.38. The quantitative estimate of drug-likeness (QED) is 0.603. The first-order valence-electron chi connectivity index (χ1n) is 4.93. The summed E-state index contributed by atoms with van der Waals surface area (Å²) in [5.74, 6) is -0.145. The molecule has 0 radical (unpaired) electrons. The van der Waals surface area contributed by atoms with Gasteiger partial charge >= 0.3 is 99.3 Å². The Bertz CT molecular complexity index is 327. The van der Waals surface area contributed by atoms with Crippen LogP contribution in [0.15, 0.2) is 30.3 Å². The minimum atomic E-state index is -0.407. The summed E-state index contributed by atoms with van der Waals surface area (Å²) in [6.07, 6.45) is 0. The first-order valence-corrected chi connectivity index (χ1v) is 6.33. The number of benzene rings is 1. The average molecular weight is 268 g/mol. The number of hydrogen-bond acceptors (Lipinski definition) is 2. The van der Waals surface area contributed by atoms with Gasteiger partial charge in [-0.2, -0.15) is 0 Å². The second-order valence-electron chi connectivity index (χ2n) is 4.42. The monoisotopic (exact) mass is 268 g/mol. The van der Waals surface area contributed by atoms with Crippen LogP contribution in [0, 0.1) is 0 Å². The van der Waals surface area contributed by atoms with Crippen LogP contribution in [0.25, 0.3) is 0 Å². The maximum absolute atomic E-state index is 11.8. The van der Waals surface area contributed by atoms with Gasteiger partial charge in [-0.15, -0.1) is 0 Å². The van der Waals surface area contributed by atoms with Gasteiger partial charge in [0.25, 0.3) is 0 Å². The molecule has 3 heteroatoms. The summed E-state index contributed by atoms with van der Waals surface area (Å²) in [6, 6.07) is 9.73. The molecule has 0 bridgehead atoms. The van der Waals surface area contributed by atoms with Crippen LogP contribution >= 0.6 is 0 Å². The topological polar surface area (TPSA) is 26.3 Å². The van der Waals surface area contributed by atoms with Crippen molar-refractivity contribution in [1.82, 2.24) is 0 Å². The zero-order valence-corrected chi connectivity index (χ0v) is 11.8. The van der Waals surface area contributed by atoms with Crippen LogP contribution in [-0.2, 0) is 9.53 Å². The molecule has 0 saturated heterocycles. The Morgan fingerprint density at radius 3 is 2.27 bits per heavy atom. The first-order chi connectivity index (χ1) is 6.90. The standard InChI is InChI=1S/C12H17AsO2/c1-12(2,3)15-11(14)10(13)9-7-5-4-6-8-9/h4-8,10H,13H2,1-3H3. The molecule has 2 atom stereocenters. The van der Waals surface area contributed by atoms with Gasteiger partial charge < -0.3 is 0 Å². The van der Waals surface area contributed by atoms with Crippen molar-refractivity contribution in [1.29, 1.82) is 0 Å². The van der Waals surface area contributed by atoms with Crippen molar-refractivity contribution in [2.75, 3.05) is 0 Å². The Morgan fingerprint density at radius 2 is 1.80 bits per heavy atom. The van der Waals surface area contributed by atoms with E-state index in [0.717, 1.165) is 5.56 Å². The fourth-order valence-electron chi connectivity index (χ4n) is 1.16. The summed E-state index contributed by atoms with van der Waals surface area (Å²) in [5.41, 5.74) is 0.614. The fraction of sp³-hybridized carbons (Fsp3) is 0.417. The molecule has 2 unspecified atom stereocenters. The summed E-state index contributed by atoms with van der Waals surface area (Å²) in [5, 5.41) is 0. The van der Waals surface area contributed by atoms with Gasteiger partial charge in [0, 0.05) is 0 Å². The zero-order chi connectivity index (χ0) is 11.5. The Labute approximate surface area is 99.5 Å². The number of rotatable bonds is 2. The van der Waals surface area contributed by atoms with Crippen LogP contribution in [0.2, 0.25) is 0 Å². The average Bonchev–Trinajstić information content (AvgIpc) is 2.15. The summed E-state index contributed by atoms with van der Waals surface area (Å²) in [4.78, 5) is 11.8. The van der Waals surface area contributed by atoms with E-state index in [1.807, 2.05) is 51.1 Å². The predicted molar refractivity (Wildman–Crippen MR) is 63.6 cm³/mol. The van der Waals surface area contributed by atoms with Crippen LogP contribution < -0.4 is 0 Å². The molecular weight excluding hydrogens is 251 g/mol. The van der Waals surface area contributed by atoms with Crippen molar-refractivity contribution in [3.63, 3.8) is 0 Å². The summed E-state index contributed by atoms with van der Waals surface area (Å²) in [6.45, 7) is 5.65. The molecule has 0 N–H and O–H groups in total. The van der Waals surface area contributed by atoms with Crippen LogP contribution in [0.5, 0.6) is 0 Å². The molecule has 0 heterocycles. The summed E-state index contributed by atoms with van der Waals surface area (Å²) < 4.78 is 5.19. The Kier molecular flexibility index (Phi) is 3.98. The molecule has 0 aliphatic heterocycles. The molecule has 0 amide bonds. The second kappa shape index (κ2) is 4.85. The second-order valence-corrected chi connectivity index (χ2v) is 5.82. The maximum atomic E-state index is 11.8. The molecule has 2 nitrogen and oxygen atoms in total. The normalized spacial score (nSPS) is 13.3. The van der Waals surface area contributed by atoms with Gasteiger partial charge in [-0.1, -0.05) is 0 Å². The number of esters is 1. The van der Waals surface area contributed by atoms with Crippen molar-refractivity contribution < 1.29 is 9.53 Å². The molecule has 82 valence electrons. The molecule has 0 aromatic heterocycles. The van der Waals surface area contributed by atoms with E-state index in [1.165, 1.54) is 16.9 Å². The fourth-order valence-corrected chi connectivity index (χ4v) is 1.77. The van der Waals surface area contributed by atoms with Crippen molar-refractivity contribution in [3.05, 3.63) is 35.9 Å².